The second-order valence-electron chi connectivity index (χ2n) is 7.47. The van der Waals surface area contributed by atoms with Crippen molar-refractivity contribution in [1.29, 1.82) is 0 Å². The predicted octanol–water partition coefficient (Wildman–Crippen LogP) is 3.02. The number of carbonyl (C=O) groups excluding carboxylic acids is 2. The molecule has 13 heteroatoms. The maximum Gasteiger partial charge on any atom is 0.273 e. The molecule has 0 bridgehead atoms. The van der Waals surface area contributed by atoms with Crippen molar-refractivity contribution in [3.05, 3.63) is 74.3 Å². The van der Waals surface area contributed by atoms with Gasteiger partial charge in [0.1, 0.15) is 17.4 Å². The zero-order valence-corrected chi connectivity index (χ0v) is 18.3. The Hall–Kier alpha value is -4.81. The molecule has 1 aliphatic heterocycles. The molecule has 0 aliphatic carbocycles. The van der Waals surface area contributed by atoms with E-state index in [-0.39, 0.29) is 47.5 Å². The van der Waals surface area contributed by atoms with Crippen molar-refractivity contribution in [3.8, 4) is 5.75 Å². The minimum Gasteiger partial charge on any atom is -0.491 e. The molecule has 180 valence electrons. The lowest BCUT2D eigenvalue weighted by Crippen LogP contribution is -2.36. The van der Waals surface area contributed by atoms with E-state index in [9.17, 15) is 28.9 Å². The molecule has 0 saturated carbocycles. The van der Waals surface area contributed by atoms with E-state index in [2.05, 4.69) is 25.9 Å². The first kappa shape index (κ1) is 23.4. The monoisotopic (exact) mass is 482 g/mol. The van der Waals surface area contributed by atoms with Gasteiger partial charge in [0.2, 0.25) is 17.8 Å². The molecular weight excluding hydrogens is 463 g/mol. The van der Waals surface area contributed by atoms with Crippen LogP contribution in [0.15, 0.2) is 47.3 Å². The normalized spacial score (nSPS) is 14.5. The largest absolute Gasteiger partial charge is 0.491 e. The number of nitro groups is 1. The van der Waals surface area contributed by atoms with Crippen LogP contribution >= 0.6 is 0 Å². The number of carbonyl (C=O) groups is 2. The summed E-state index contributed by atoms with van der Waals surface area (Å²) in [5.41, 5.74) is -0.350. The highest BCUT2D eigenvalue weighted by atomic mass is 19.1. The van der Waals surface area contributed by atoms with Gasteiger partial charge in [0.25, 0.3) is 11.2 Å². The van der Waals surface area contributed by atoms with E-state index < -0.39 is 34.0 Å². The van der Waals surface area contributed by atoms with Crippen LogP contribution in [0.25, 0.3) is 0 Å². The Bertz CT molecular complexity index is 1370. The third-order valence-corrected chi connectivity index (χ3v) is 5.11. The number of amides is 2. The molecule has 4 rings (SSSR count). The maximum atomic E-state index is 13.1. The van der Waals surface area contributed by atoms with Crippen molar-refractivity contribution in [2.24, 2.45) is 0 Å². The number of aromatic nitrogens is 2. The van der Waals surface area contributed by atoms with Crippen LogP contribution in [-0.2, 0) is 9.59 Å². The van der Waals surface area contributed by atoms with E-state index in [0.29, 0.717) is 5.69 Å². The van der Waals surface area contributed by atoms with Gasteiger partial charge in [-0.15, -0.1) is 0 Å². The van der Waals surface area contributed by atoms with E-state index in [1.807, 2.05) is 0 Å². The van der Waals surface area contributed by atoms with Crippen LogP contribution in [0.2, 0.25) is 0 Å². The highest BCUT2D eigenvalue weighted by Crippen LogP contribution is 2.33. The topological polar surface area (TPSA) is 168 Å². The number of hydrogen-bond donors (Lipinski definition) is 4. The highest BCUT2D eigenvalue weighted by molar-refractivity contribution is 6.05. The number of benzene rings is 2. The molecule has 2 amide bonds. The number of nitro benzene ring substituents is 1. The van der Waals surface area contributed by atoms with Gasteiger partial charge in [-0.1, -0.05) is 0 Å². The summed E-state index contributed by atoms with van der Waals surface area (Å²) in [6.07, 6.45) is -0.314. The molecule has 0 fully saturated rings. The SMILES string of the molecule is CCOc1cc([N+](=O)[O-])ccc1NC(=O)C1CC(=O)Nc2nc(Nc3ccc(F)cc3)[nH]c(=O)c21. The fourth-order valence-corrected chi connectivity index (χ4v) is 3.55. The minimum absolute atomic E-state index is 0.0179. The Morgan fingerprint density at radius 1 is 1.26 bits per heavy atom. The lowest BCUT2D eigenvalue weighted by molar-refractivity contribution is -0.384. The Morgan fingerprint density at radius 2 is 2.00 bits per heavy atom. The molecule has 35 heavy (non-hydrogen) atoms. The number of rotatable bonds is 7. The molecule has 0 saturated heterocycles. The molecule has 2 aromatic carbocycles. The second-order valence-corrected chi connectivity index (χ2v) is 7.47. The fourth-order valence-electron chi connectivity index (χ4n) is 3.55. The first-order valence-corrected chi connectivity index (χ1v) is 10.4. The van der Waals surface area contributed by atoms with E-state index >= 15 is 0 Å². The summed E-state index contributed by atoms with van der Waals surface area (Å²) in [6.45, 7) is 1.86. The molecule has 4 N–H and O–H groups in total. The van der Waals surface area contributed by atoms with Gasteiger partial charge >= 0.3 is 0 Å². The van der Waals surface area contributed by atoms with Crippen molar-refractivity contribution >= 4 is 40.6 Å². The number of halogens is 1. The number of aromatic amines is 1. The molecule has 0 radical (unpaired) electrons. The molecule has 1 aromatic heterocycles. The Kier molecular flexibility index (Phi) is 6.40. The standard InChI is InChI=1S/C22H19FN6O6/c1-2-35-16-9-13(29(33)34)7-8-15(16)25-20(31)14-10-17(30)26-19-18(14)21(32)28-22(27-19)24-12-5-3-11(23)4-6-12/h3-9,14H,2,10H2,1H3,(H,25,31)(H3,24,26,27,28,30,32). The zero-order valence-electron chi connectivity index (χ0n) is 18.3. The third-order valence-electron chi connectivity index (χ3n) is 5.11. The first-order valence-electron chi connectivity index (χ1n) is 10.4. The smallest absolute Gasteiger partial charge is 0.273 e. The average Bonchev–Trinajstić information content (AvgIpc) is 2.81. The van der Waals surface area contributed by atoms with Gasteiger partial charge in [-0.3, -0.25) is 29.5 Å². The van der Waals surface area contributed by atoms with Gasteiger partial charge < -0.3 is 20.7 Å². The fraction of sp³-hybridized carbons (Fsp3) is 0.182. The molecule has 2 heterocycles. The Morgan fingerprint density at radius 3 is 2.69 bits per heavy atom. The molecule has 1 unspecified atom stereocenters. The van der Waals surface area contributed by atoms with Crippen molar-refractivity contribution in [3.63, 3.8) is 0 Å². The number of non-ortho nitro benzene ring substituents is 1. The Labute approximate surface area is 196 Å². The van der Waals surface area contributed by atoms with Gasteiger partial charge in [-0.25, -0.2) is 4.39 Å². The molecule has 3 aromatic rings. The van der Waals surface area contributed by atoms with Gasteiger partial charge in [-0.05, 0) is 37.3 Å². The molecule has 12 nitrogen and oxygen atoms in total. The number of nitrogens with one attached hydrogen (secondary N) is 4. The minimum atomic E-state index is -1.18. The van der Waals surface area contributed by atoms with E-state index in [1.165, 1.54) is 42.5 Å². The average molecular weight is 482 g/mol. The number of H-pyrrole nitrogens is 1. The molecular formula is C22H19FN6O6. The number of nitrogens with zero attached hydrogens (tertiary/aromatic N) is 2. The molecule has 0 spiro atoms. The van der Waals surface area contributed by atoms with Gasteiger partial charge in [0, 0.05) is 18.2 Å². The van der Waals surface area contributed by atoms with Gasteiger partial charge in [0.15, 0.2) is 0 Å². The van der Waals surface area contributed by atoms with Crippen molar-refractivity contribution in [2.75, 3.05) is 22.6 Å². The van der Waals surface area contributed by atoms with Crippen LogP contribution in [0.1, 0.15) is 24.8 Å². The molecule has 1 aliphatic rings. The first-order chi connectivity index (χ1) is 16.7. The van der Waals surface area contributed by atoms with E-state index in [4.69, 9.17) is 4.74 Å². The van der Waals surface area contributed by atoms with Crippen molar-refractivity contribution in [2.45, 2.75) is 19.3 Å². The Balaban J connectivity index is 1.63. The summed E-state index contributed by atoms with van der Waals surface area (Å²) in [5, 5.41) is 18.9. The predicted molar refractivity (Wildman–Crippen MR) is 123 cm³/mol. The van der Waals surface area contributed by atoms with E-state index in [0.717, 1.165) is 0 Å². The van der Waals surface area contributed by atoms with Crippen LogP contribution in [-0.4, -0.2) is 33.3 Å². The van der Waals surface area contributed by atoms with E-state index in [1.54, 1.807) is 6.92 Å². The number of ether oxygens (including phenoxy) is 1. The van der Waals surface area contributed by atoms with Gasteiger partial charge in [-0.2, -0.15) is 4.98 Å². The maximum absolute atomic E-state index is 13.1. The van der Waals surface area contributed by atoms with Crippen LogP contribution in [0.4, 0.5) is 33.2 Å². The third kappa shape index (κ3) is 5.08. The van der Waals surface area contributed by atoms with Crippen LogP contribution in [0, 0.1) is 15.9 Å². The lowest BCUT2D eigenvalue weighted by atomic mass is 9.92. The number of fused-ring (bicyclic) bond motifs is 1. The zero-order chi connectivity index (χ0) is 25.1. The quantitative estimate of drug-likeness (QED) is 0.294. The van der Waals surface area contributed by atoms with Crippen LogP contribution in [0.5, 0.6) is 5.75 Å². The highest BCUT2D eigenvalue weighted by Gasteiger charge is 2.35. The lowest BCUT2D eigenvalue weighted by Gasteiger charge is -2.24. The summed E-state index contributed by atoms with van der Waals surface area (Å²) < 4.78 is 18.5. The summed E-state index contributed by atoms with van der Waals surface area (Å²) in [4.78, 5) is 55.4. The number of anilines is 4. The number of hydrogen-bond acceptors (Lipinski definition) is 8. The summed E-state index contributed by atoms with van der Waals surface area (Å²) in [7, 11) is 0. The van der Waals surface area contributed by atoms with Crippen LogP contribution < -0.4 is 26.2 Å². The summed E-state index contributed by atoms with van der Waals surface area (Å²) in [5.74, 6) is -2.89. The van der Waals surface area contributed by atoms with Crippen molar-refractivity contribution < 1.29 is 23.6 Å². The van der Waals surface area contributed by atoms with Crippen LogP contribution in [0.3, 0.4) is 0 Å². The second kappa shape index (κ2) is 9.59. The van der Waals surface area contributed by atoms with Crippen molar-refractivity contribution in [1.82, 2.24) is 9.97 Å². The van der Waals surface area contributed by atoms with Gasteiger partial charge in [0.05, 0.1) is 34.8 Å². The summed E-state index contributed by atoms with van der Waals surface area (Å²) in [6, 6.07) is 8.98. The summed E-state index contributed by atoms with van der Waals surface area (Å²) >= 11 is 0. The molecule has 1 atom stereocenters.